The van der Waals surface area contributed by atoms with E-state index in [0.29, 0.717) is 6.42 Å². The third-order valence-electron chi connectivity index (χ3n) is 3.62. The summed E-state index contributed by atoms with van der Waals surface area (Å²) in [5, 5.41) is 0. The number of carbonyl (C=O) groups excluding carboxylic acids is 1. The molecule has 0 saturated heterocycles. The van der Waals surface area contributed by atoms with Crippen LogP contribution in [-0.2, 0) is 12.8 Å². The van der Waals surface area contributed by atoms with E-state index in [1.165, 1.54) is 29.8 Å². The number of hydrogen-bond acceptors (Lipinski definition) is 3. The van der Waals surface area contributed by atoms with E-state index in [9.17, 15) is 4.79 Å². The number of rotatable bonds is 3. The summed E-state index contributed by atoms with van der Waals surface area (Å²) < 4.78 is 2.13. The molecule has 0 radical (unpaired) electrons. The van der Waals surface area contributed by atoms with Gasteiger partial charge in [0.1, 0.15) is 5.69 Å². The van der Waals surface area contributed by atoms with Crippen LogP contribution >= 0.6 is 11.3 Å². The van der Waals surface area contributed by atoms with E-state index in [2.05, 4.69) is 9.38 Å². The first-order valence-corrected chi connectivity index (χ1v) is 7.64. The first kappa shape index (κ1) is 11.9. The molecule has 0 aromatic carbocycles. The van der Waals surface area contributed by atoms with Crippen LogP contribution in [0.15, 0.2) is 6.20 Å². The van der Waals surface area contributed by atoms with Gasteiger partial charge in [0.15, 0.2) is 10.7 Å². The quantitative estimate of drug-likeness (QED) is 0.625. The van der Waals surface area contributed by atoms with Gasteiger partial charge in [0.25, 0.3) is 0 Å². The summed E-state index contributed by atoms with van der Waals surface area (Å²) in [5.41, 5.74) is 2.15. The van der Waals surface area contributed by atoms with E-state index in [1.807, 2.05) is 6.92 Å². The fourth-order valence-corrected chi connectivity index (χ4v) is 3.90. The van der Waals surface area contributed by atoms with Crippen molar-refractivity contribution in [3.63, 3.8) is 0 Å². The molecule has 18 heavy (non-hydrogen) atoms. The van der Waals surface area contributed by atoms with Crippen molar-refractivity contribution in [3.05, 3.63) is 22.5 Å². The molecule has 0 aliphatic heterocycles. The van der Waals surface area contributed by atoms with Crippen LogP contribution in [0.4, 0.5) is 0 Å². The van der Waals surface area contributed by atoms with Gasteiger partial charge in [-0.3, -0.25) is 9.20 Å². The van der Waals surface area contributed by atoms with E-state index in [0.717, 1.165) is 29.9 Å². The van der Waals surface area contributed by atoms with Crippen LogP contribution in [0, 0.1) is 0 Å². The average molecular weight is 262 g/mol. The summed E-state index contributed by atoms with van der Waals surface area (Å²) in [5.74, 6) is 0.231. The summed E-state index contributed by atoms with van der Waals surface area (Å²) >= 11 is 1.77. The molecular weight excluding hydrogens is 244 g/mol. The number of hydrogen-bond donors (Lipinski definition) is 0. The topological polar surface area (TPSA) is 34.4 Å². The summed E-state index contributed by atoms with van der Waals surface area (Å²) in [6, 6.07) is 0. The maximum atomic E-state index is 12.1. The highest BCUT2D eigenvalue weighted by atomic mass is 32.1. The molecule has 4 heteroatoms. The Bertz CT molecular complexity index is 582. The predicted molar refractivity (Wildman–Crippen MR) is 73.6 cm³/mol. The summed E-state index contributed by atoms with van der Waals surface area (Å²) in [6.07, 6.45) is 9.35. The van der Waals surface area contributed by atoms with E-state index in [4.69, 9.17) is 0 Å². The zero-order valence-electron chi connectivity index (χ0n) is 10.7. The van der Waals surface area contributed by atoms with Gasteiger partial charge in [-0.1, -0.05) is 13.3 Å². The number of thiazole rings is 1. The molecule has 1 aliphatic carbocycles. The standard InChI is InChI=1S/C14H18N2OS/c1-2-6-12(17)11-9-15-14-16(11)10-7-4-3-5-8-13(10)18-14/h9H,2-8H2,1H3. The van der Waals surface area contributed by atoms with Crippen LogP contribution in [0.5, 0.6) is 0 Å². The van der Waals surface area contributed by atoms with Crippen LogP contribution in [0.25, 0.3) is 4.96 Å². The van der Waals surface area contributed by atoms with Gasteiger partial charge in [0, 0.05) is 17.0 Å². The molecule has 0 atom stereocenters. The second-order valence-electron chi connectivity index (χ2n) is 4.97. The highest BCUT2D eigenvalue weighted by Gasteiger charge is 2.20. The SMILES string of the molecule is CCCC(=O)c1cnc2sc3c(n12)CCCCC3. The number of imidazole rings is 1. The van der Waals surface area contributed by atoms with Crippen molar-refractivity contribution in [3.8, 4) is 0 Å². The Kier molecular flexibility index (Phi) is 3.20. The summed E-state index contributed by atoms with van der Waals surface area (Å²) in [6.45, 7) is 2.05. The average Bonchev–Trinajstić information content (AvgIpc) is 2.82. The van der Waals surface area contributed by atoms with Crippen LogP contribution in [0.3, 0.4) is 0 Å². The molecule has 0 saturated carbocycles. The van der Waals surface area contributed by atoms with E-state index >= 15 is 0 Å². The molecule has 96 valence electrons. The zero-order valence-corrected chi connectivity index (χ0v) is 11.6. The minimum atomic E-state index is 0.231. The lowest BCUT2D eigenvalue weighted by Gasteiger charge is -2.03. The van der Waals surface area contributed by atoms with Crippen LogP contribution in [0.1, 0.15) is 60.1 Å². The minimum Gasteiger partial charge on any atom is -0.292 e. The molecule has 0 bridgehead atoms. The largest absolute Gasteiger partial charge is 0.292 e. The van der Waals surface area contributed by atoms with Crippen molar-refractivity contribution in [2.75, 3.05) is 0 Å². The van der Waals surface area contributed by atoms with Crippen molar-refractivity contribution >= 4 is 22.1 Å². The molecule has 0 spiro atoms. The molecule has 3 nitrogen and oxygen atoms in total. The van der Waals surface area contributed by atoms with Gasteiger partial charge in [-0.05, 0) is 32.1 Å². The molecule has 3 rings (SSSR count). The monoisotopic (exact) mass is 262 g/mol. The van der Waals surface area contributed by atoms with Gasteiger partial charge in [-0.15, -0.1) is 11.3 Å². The third-order valence-corrected chi connectivity index (χ3v) is 4.77. The number of Topliss-reactive ketones (excluding diaryl/α,β-unsaturated/α-hetero) is 1. The van der Waals surface area contributed by atoms with Crippen molar-refractivity contribution in [2.24, 2.45) is 0 Å². The van der Waals surface area contributed by atoms with Crippen LogP contribution in [-0.4, -0.2) is 15.2 Å². The van der Waals surface area contributed by atoms with Gasteiger partial charge >= 0.3 is 0 Å². The fraction of sp³-hybridized carbons (Fsp3) is 0.571. The molecule has 2 aromatic heterocycles. The predicted octanol–water partition coefficient (Wildman–Crippen LogP) is 3.65. The second-order valence-corrected chi connectivity index (χ2v) is 6.03. The van der Waals surface area contributed by atoms with Crippen LogP contribution < -0.4 is 0 Å². The maximum absolute atomic E-state index is 12.1. The Labute approximate surface area is 111 Å². The Hall–Kier alpha value is -1.16. The molecule has 2 heterocycles. The Morgan fingerprint density at radius 1 is 1.39 bits per heavy atom. The van der Waals surface area contributed by atoms with Crippen molar-refractivity contribution in [1.82, 2.24) is 9.38 Å². The Morgan fingerprint density at radius 3 is 3.06 bits per heavy atom. The molecule has 0 unspecified atom stereocenters. The van der Waals surface area contributed by atoms with Crippen LogP contribution in [0.2, 0.25) is 0 Å². The zero-order chi connectivity index (χ0) is 12.5. The third kappa shape index (κ3) is 1.88. The molecular formula is C14H18N2OS. The first-order valence-electron chi connectivity index (χ1n) is 6.82. The highest BCUT2D eigenvalue weighted by molar-refractivity contribution is 7.17. The number of fused-ring (bicyclic) bond motifs is 3. The number of ketones is 1. The van der Waals surface area contributed by atoms with Crippen molar-refractivity contribution < 1.29 is 4.79 Å². The minimum absolute atomic E-state index is 0.231. The molecule has 0 N–H and O–H groups in total. The Balaban J connectivity index is 2.11. The smallest absolute Gasteiger partial charge is 0.194 e. The highest BCUT2D eigenvalue weighted by Crippen LogP contribution is 2.30. The second kappa shape index (κ2) is 4.84. The van der Waals surface area contributed by atoms with Crippen molar-refractivity contribution in [2.45, 2.75) is 51.9 Å². The molecule has 2 aromatic rings. The van der Waals surface area contributed by atoms with Gasteiger partial charge in [-0.2, -0.15) is 0 Å². The number of aryl methyl sites for hydroxylation is 2. The van der Waals surface area contributed by atoms with E-state index in [-0.39, 0.29) is 5.78 Å². The van der Waals surface area contributed by atoms with Gasteiger partial charge in [0.05, 0.1) is 6.20 Å². The summed E-state index contributed by atoms with van der Waals surface area (Å²) in [7, 11) is 0. The first-order chi connectivity index (χ1) is 8.81. The normalized spacial score (nSPS) is 15.6. The maximum Gasteiger partial charge on any atom is 0.194 e. The fourth-order valence-electron chi connectivity index (χ4n) is 2.71. The molecule has 1 aliphatic rings. The lowest BCUT2D eigenvalue weighted by atomic mass is 10.2. The van der Waals surface area contributed by atoms with Gasteiger partial charge in [0.2, 0.25) is 0 Å². The van der Waals surface area contributed by atoms with Gasteiger partial charge < -0.3 is 0 Å². The van der Waals surface area contributed by atoms with Gasteiger partial charge in [-0.25, -0.2) is 4.98 Å². The van der Waals surface area contributed by atoms with E-state index in [1.54, 1.807) is 17.5 Å². The van der Waals surface area contributed by atoms with E-state index < -0.39 is 0 Å². The molecule has 0 amide bonds. The lowest BCUT2D eigenvalue weighted by Crippen LogP contribution is -2.05. The number of carbonyl (C=O) groups is 1. The van der Waals surface area contributed by atoms with Crippen molar-refractivity contribution in [1.29, 1.82) is 0 Å². The molecule has 0 fully saturated rings. The number of aromatic nitrogens is 2. The number of nitrogens with zero attached hydrogens (tertiary/aromatic N) is 2. The summed E-state index contributed by atoms with van der Waals surface area (Å²) in [4.78, 5) is 19.0. The lowest BCUT2D eigenvalue weighted by molar-refractivity contribution is 0.0976. The Morgan fingerprint density at radius 2 is 2.22 bits per heavy atom.